The first kappa shape index (κ1) is 15.1. The molecule has 1 aromatic heterocycles. The SMILES string of the molecule is Cc1csc(CNS(=O)(=O)c2cc(CO)ccc2C)n1. The summed E-state index contributed by atoms with van der Waals surface area (Å²) in [5.74, 6) is 0. The number of aryl methyl sites for hydroxylation is 2. The van der Waals surface area contributed by atoms with Crippen LogP contribution in [0.4, 0.5) is 0 Å². The number of nitrogens with one attached hydrogen (secondary N) is 1. The summed E-state index contributed by atoms with van der Waals surface area (Å²) in [6.07, 6.45) is 0. The van der Waals surface area contributed by atoms with Crippen LogP contribution in [0, 0.1) is 13.8 Å². The highest BCUT2D eigenvalue weighted by atomic mass is 32.2. The molecule has 0 fully saturated rings. The fourth-order valence-electron chi connectivity index (χ4n) is 1.75. The molecule has 20 heavy (non-hydrogen) atoms. The zero-order valence-corrected chi connectivity index (χ0v) is 12.9. The van der Waals surface area contributed by atoms with Gasteiger partial charge in [0.2, 0.25) is 10.0 Å². The number of aliphatic hydroxyl groups excluding tert-OH is 1. The molecule has 2 rings (SSSR count). The number of hydrogen-bond acceptors (Lipinski definition) is 5. The maximum atomic E-state index is 12.3. The van der Waals surface area contributed by atoms with E-state index in [4.69, 9.17) is 5.11 Å². The Morgan fingerprint density at radius 3 is 2.70 bits per heavy atom. The number of sulfonamides is 1. The van der Waals surface area contributed by atoms with E-state index in [0.717, 1.165) is 10.7 Å². The molecule has 108 valence electrons. The third kappa shape index (κ3) is 3.43. The van der Waals surface area contributed by atoms with Crippen LogP contribution in [0.2, 0.25) is 0 Å². The Morgan fingerprint density at radius 1 is 1.35 bits per heavy atom. The van der Waals surface area contributed by atoms with Gasteiger partial charge in [0.15, 0.2) is 0 Å². The maximum absolute atomic E-state index is 12.3. The molecule has 0 aliphatic carbocycles. The number of nitrogens with zero attached hydrogens (tertiary/aromatic N) is 1. The molecule has 7 heteroatoms. The van der Waals surface area contributed by atoms with Gasteiger partial charge in [0, 0.05) is 11.1 Å². The van der Waals surface area contributed by atoms with E-state index in [0.29, 0.717) is 11.1 Å². The molecule has 2 N–H and O–H groups in total. The molecule has 0 aliphatic rings. The lowest BCUT2D eigenvalue weighted by Crippen LogP contribution is -2.24. The maximum Gasteiger partial charge on any atom is 0.241 e. The van der Waals surface area contributed by atoms with Crippen LogP contribution in [-0.4, -0.2) is 18.5 Å². The summed E-state index contributed by atoms with van der Waals surface area (Å²) in [5, 5.41) is 11.7. The smallest absolute Gasteiger partial charge is 0.241 e. The highest BCUT2D eigenvalue weighted by molar-refractivity contribution is 7.89. The summed E-state index contributed by atoms with van der Waals surface area (Å²) >= 11 is 1.42. The molecule has 1 heterocycles. The Hall–Kier alpha value is -1.28. The Bertz CT molecular complexity index is 708. The molecule has 0 bridgehead atoms. The van der Waals surface area contributed by atoms with Gasteiger partial charge in [-0.15, -0.1) is 11.3 Å². The van der Waals surface area contributed by atoms with E-state index < -0.39 is 10.0 Å². The molecule has 1 aromatic carbocycles. The predicted octanol–water partition coefficient (Wildman–Crippen LogP) is 1.73. The average Bonchev–Trinajstić information content (AvgIpc) is 2.83. The molecule has 0 atom stereocenters. The van der Waals surface area contributed by atoms with E-state index in [9.17, 15) is 8.42 Å². The molecular formula is C13H16N2O3S2. The first-order chi connectivity index (χ1) is 9.42. The van der Waals surface area contributed by atoms with Crippen LogP contribution in [0.5, 0.6) is 0 Å². The summed E-state index contributed by atoms with van der Waals surface area (Å²) in [7, 11) is -3.61. The van der Waals surface area contributed by atoms with Crippen molar-refractivity contribution in [3.05, 3.63) is 45.4 Å². The Balaban J connectivity index is 2.21. The van der Waals surface area contributed by atoms with Crippen LogP contribution in [0.25, 0.3) is 0 Å². The van der Waals surface area contributed by atoms with E-state index in [1.807, 2.05) is 12.3 Å². The second-order valence-corrected chi connectivity index (χ2v) is 7.14. The second kappa shape index (κ2) is 6.01. The summed E-state index contributed by atoms with van der Waals surface area (Å²) < 4.78 is 27.1. The van der Waals surface area contributed by atoms with Crippen molar-refractivity contribution >= 4 is 21.4 Å². The highest BCUT2D eigenvalue weighted by Crippen LogP contribution is 2.18. The van der Waals surface area contributed by atoms with Crippen LogP contribution in [-0.2, 0) is 23.2 Å². The lowest BCUT2D eigenvalue weighted by atomic mass is 10.2. The molecule has 0 spiro atoms. The van der Waals surface area contributed by atoms with Gasteiger partial charge in [0.05, 0.1) is 18.0 Å². The average molecular weight is 312 g/mol. The molecule has 5 nitrogen and oxygen atoms in total. The zero-order chi connectivity index (χ0) is 14.8. The minimum absolute atomic E-state index is 0.170. The molecular weight excluding hydrogens is 296 g/mol. The Labute approximate surface area is 122 Å². The van der Waals surface area contributed by atoms with Crippen molar-refractivity contribution in [3.63, 3.8) is 0 Å². The third-order valence-corrected chi connectivity index (χ3v) is 5.31. The summed E-state index contributed by atoms with van der Waals surface area (Å²) in [6.45, 7) is 3.57. The van der Waals surface area contributed by atoms with Crippen LogP contribution in [0.15, 0.2) is 28.5 Å². The number of aromatic nitrogens is 1. The van der Waals surface area contributed by atoms with Crippen molar-refractivity contribution in [2.45, 2.75) is 31.9 Å². The van der Waals surface area contributed by atoms with E-state index in [2.05, 4.69) is 9.71 Å². The third-order valence-electron chi connectivity index (χ3n) is 2.80. The standard InChI is InChI=1S/C13H16N2O3S2/c1-9-3-4-11(7-16)5-12(9)20(17,18)14-6-13-15-10(2)8-19-13/h3-5,8,14,16H,6-7H2,1-2H3. The van der Waals surface area contributed by atoms with Crippen molar-refractivity contribution in [2.24, 2.45) is 0 Å². The number of rotatable bonds is 5. The van der Waals surface area contributed by atoms with Gasteiger partial charge in [-0.2, -0.15) is 0 Å². The van der Waals surface area contributed by atoms with Crippen molar-refractivity contribution in [1.82, 2.24) is 9.71 Å². The van der Waals surface area contributed by atoms with Crippen LogP contribution in [0.1, 0.15) is 21.8 Å². The molecule has 2 aromatic rings. The fraction of sp³-hybridized carbons (Fsp3) is 0.308. The number of hydrogen-bond donors (Lipinski definition) is 2. The van der Waals surface area contributed by atoms with Gasteiger partial charge in [-0.3, -0.25) is 0 Å². The number of thiazole rings is 1. The second-order valence-electron chi connectivity index (χ2n) is 4.47. The van der Waals surface area contributed by atoms with E-state index >= 15 is 0 Å². The van der Waals surface area contributed by atoms with Gasteiger partial charge in [-0.25, -0.2) is 18.1 Å². The monoisotopic (exact) mass is 312 g/mol. The van der Waals surface area contributed by atoms with E-state index in [-0.39, 0.29) is 18.0 Å². The topological polar surface area (TPSA) is 79.3 Å². The molecule has 0 unspecified atom stereocenters. The minimum Gasteiger partial charge on any atom is -0.392 e. The van der Waals surface area contributed by atoms with Gasteiger partial charge in [0.25, 0.3) is 0 Å². The van der Waals surface area contributed by atoms with Gasteiger partial charge < -0.3 is 5.11 Å². The van der Waals surface area contributed by atoms with Gasteiger partial charge >= 0.3 is 0 Å². The van der Waals surface area contributed by atoms with E-state index in [1.54, 1.807) is 19.1 Å². The van der Waals surface area contributed by atoms with E-state index in [1.165, 1.54) is 17.4 Å². The van der Waals surface area contributed by atoms with Gasteiger partial charge in [-0.05, 0) is 31.0 Å². The lowest BCUT2D eigenvalue weighted by molar-refractivity contribution is 0.281. The van der Waals surface area contributed by atoms with Crippen LogP contribution < -0.4 is 4.72 Å². The minimum atomic E-state index is -3.61. The first-order valence-electron chi connectivity index (χ1n) is 6.03. The largest absolute Gasteiger partial charge is 0.392 e. The molecule has 0 radical (unpaired) electrons. The normalized spacial score (nSPS) is 11.8. The molecule has 0 saturated carbocycles. The van der Waals surface area contributed by atoms with Crippen molar-refractivity contribution in [3.8, 4) is 0 Å². The molecule has 0 aliphatic heterocycles. The van der Waals surface area contributed by atoms with Crippen LogP contribution in [0.3, 0.4) is 0 Å². The molecule has 0 amide bonds. The predicted molar refractivity (Wildman–Crippen MR) is 78.0 cm³/mol. The van der Waals surface area contributed by atoms with Gasteiger partial charge in [-0.1, -0.05) is 12.1 Å². The molecule has 0 saturated heterocycles. The van der Waals surface area contributed by atoms with Crippen LogP contribution >= 0.6 is 11.3 Å². The van der Waals surface area contributed by atoms with Crippen molar-refractivity contribution in [1.29, 1.82) is 0 Å². The fourth-order valence-corrected chi connectivity index (χ4v) is 3.83. The number of aliphatic hydroxyl groups is 1. The first-order valence-corrected chi connectivity index (χ1v) is 8.40. The quantitative estimate of drug-likeness (QED) is 0.881. The highest BCUT2D eigenvalue weighted by Gasteiger charge is 2.17. The lowest BCUT2D eigenvalue weighted by Gasteiger charge is -2.09. The number of benzene rings is 1. The summed E-state index contributed by atoms with van der Waals surface area (Å²) in [4.78, 5) is 4.41. The zero-order valence-electron chi connectivity index (χ0n) is 11.3. The Morgan fingerprint density at radius 2 is 2.10 bits per heavy atom. The van der Waals surface area contributed by atoms with Crippen molar-refractivity contribution < 1.29 is 13.5 Å². The van der Waals surface area contributed by atoms with Gasteiger partial charge in [0.1, 0.15) is 5.01 Å². The Kier molecular flexibility index (Phi) is 4.54. The van der Waals surface area contributed by atoms with Crippen molar-refractivity contribution in [2.75, 3.05) is 0 Å². The summed E-state index contributed by atoms with van der Waals surface area (Å²) in [6, 6.07) is 4.89. The summed E-state index contributed by atoms with van der Waals surface area (Å²) in [5.41, 5.74) is 2.09.